The van der Waals surface area contributed by atoms with Crippen molar-refractivity contribution in [1.29, 1.82) is 0 Å². The molecule has 0 bridgehead atoms. The number of carbonyl (C=O) groups is 1. The lowest BCUT2D eigenvalue weighted by atomic mass is 9.78. The maximum absolute atomic E-state index is 13.2. The monoisotopic (exact) mass is 426 g/mol. The molecule has 6 heteroatoms. The molecule has 2 aromatic carbocycles. The minimum atomic E-state index is -0.687. The smallest absolute Gasteiger partial charge is 0.344 e. The van der Waals surface area contributed by atoms with Gasteiger partial charge in [-0.3, -0.25) is 0 Å². The van der Waals surface area contributed by atoms with Crippen LogP contribution in [0.3, 0.4) is 0 Å². The number of rotatable bonds is 2. The fourth-order valence-electron chi connectivity index (χ4n) is 4.67. The Labute approximate surface area is 183 Å². The van der Waals surface area contributed by atoms with Crippen LogP contribution >= 0.6 is 0 Å². The van der Waals surface area contributed by atoms with Crippen LogP contribution in [0.2, 0.25) is 0 Å². The molecule has 3 heterocycles. The lowest BCUT2D eigenvalue weighted by Gasteiger charge is -2.38. The van der Waals surface area contributed by atoms with Crippen LogP contribution in [0.15, 0.2) is 93.4 Å². The van der Waals surface area contributed by atoms with Gasteiger partial charge in [0.1, 0.15) is 28.9 Å². The number of hydrogen-bond donors (Lipinski definition) is 0. The molecular weight excluding hydrogens is 408 g/mol. The zero-order valence-electron chi connectivity index (χ0n) is 17.1. The number of esters is 1. The molecule has 1 aromatic heterocycles. The van der Waals surface area contributed by atoms with E-state index in [4.69, 9.17) is 18.6 Å². The van der Waals surface area contributed by atoms with Gasteiger partial charge in [-0.1, -0.05) is 42.5 Å². The number of hydrogen-bond acceptors (Lipinski definition) is 6. The second-order valence-electron chi connectivity index (χ2n) is 7.88. The van der Waals surface area contributed by atoms with Crippen LogP contribution in [0.1, 0.15) is 17.0 Å². The summed E-state index contributed by atoms with van der Waals surface area (Å²) >= 11 is 0. The van der Waals surface area contributed by atoms with Crippen LogP contribution in [0.4, 0.5) is 0 Å². The average Bonchev–Trinajstić information content (AvgIpc) is 2.83. The van der Waals surface area contributed by atoms with Crippen LogP contribution < -0.4 is 15.1 Å². The lowest BCUT2D eigenvalue weighted by Crippen LogP contribution is -2.40. The van der Waals surface area contributed by atoms with Gasteiger partial charge in [0.25, 0.3) is 0 Å². The summed E-state index contributed by atoms with van der Waals surface area (Å²) in [5.74, 6) is 0.150. The molecule has 0 radical (unpaired) electrons. The summed E-state index contributed by atoms with van der Waals surface area (Å²) in [7, 11) is 1.59. The van der Waals surface area contributed by atoms with E-state index >= 15 is 0 Å². The fraction of sp³-hybridized carbons (Fsp3) is 0.154. The van der Waals surface area contributed by atoms with Gasteiger partial charge in [-0.05, 0) is 35.9 Å². The van der Waals surface area contributed by atoms with Crippen molar-refractivity contribution in [3.8, 4) is 11.5 Å². The summed E-state index contributed by atoms with van der Waals surface area (Å²) in [6, 6.07) is 14.5. The molecule has 3 aliphatic rings. The van der Waals surface area contributed by atoms with Gasteiger partial charge in [-0.15, -0.1) is 0 Å². The van der Waals surface area contributed by atoms with Crippen molar-refractivity contribution < 1.29 is 23.4 Å². The Morgan fingerprint density at radius 1 is 0.938 bits per heavy atom. The van der Waals surface area contributed by atoms with Crippen LogP contribution in [0, 0.1) is 5.92 Å². The second kappa shape index (κ2) is 6.99. The van der Waals surface area contributed by atoms with Crippen molar-refractivity contribution in [3.05, 3.63) is 106 Å². The molecule has 0 saturated carbocycles. The first-order valence-electron chi connectivity index (χ1n) is 10.3. The molecule has 2 aliphatic heterocycles. The number of ether oxygens (including phenoxy) is 3. The first-order chi connectivity index (χ1) is 15.7. The predicted molar refractivity (Wildman–Crippen MR) is 117 cm³/mol. The Morgan fingerprint density at radius 3 is 2.53 bits per heavy atom. The molecule has 0 saturated heterocycles. The molecule has 0 amide bonds. The van der Waals surface area contributed by atoms with Gasteiger partial charge in [0, 0.05) is 0 Å². The number of methoxy groups -OCH3 is 1. The fourth-order valence-corrected chi connectivity index (χ4v) is 4.67. The quantitative estimate of drug-likeness (QED) is 0.451. The van der Waals surface area contributed by atoms with Crippen LogP contribution in [0.25, 0.3) is 11.0 Å². The highest BCUT2D eigenvalue weighted by atomic mass is 16.6. The van der Waals surface area contributed by atoms with E-state index in [1.807, 2.05) is 48.6 Å². The van der Waals surface area contributed by atoms with Gasteiger partial charge in [-0.2, -0.15) is 0 Å². The largest absolute Gasteiger partial charge is 0.497 e. The highest BCUT2D eigenvalue weighted by molar-refractivity contribution is 5.96. The highest BCUT2D eigenvalue weighted by Gasteiger charge is 2.47. The Hall–Kier alpha value is -4.06. The third-order valence-corrected chi connectivity index (χ3v) is 6.15. The Morgan fingerprint density at radius 2 is 1.72 bits per heavy atom. The minimum Gasteiger partial charge on any atom is -0.497 e. The molecule has 0 fully saturated rings. The number of fused-ring (bicyclic) bond motifs is 5. The Kier molecular flexibility index (Phi) is 4.08. The zero-order chi connectivity index (χ0) is 21.8. The summed E-state index contributed by atoms with van der Waals surface area (Å²) < 4.78 is 23.0. The van der Waals surface area contributed by atoms with E-state index in [1.54, 1.807) is 31.4 Å². The summed E-state index contributed by atoms with van der Waals surface area (Å²) in [5.41, 5.74) is 1.25. The Balaban J connectivity index is 1.66. The number of allylic oxidation sites excluding steroid dienone is 2. The van der Waals surface area contributed by atoms with E-state index in [9.17, 15) is 9.59 Å². The topological polar surface area (TPSA) is 75.0 Å². The van der Waals surface area contributed by atoms with Gasteiger partial charge in [0.15, 0.2) is 0 Å². The van der Waals surface area contributed by atoms with E-state index in [2.05, 4.69) is 0 Å². The van der Waals surface area contributed by atoms with Crippen molar-refractivity contribution in [3.63, 3.8) is 0 Å². The molecule has 32 heavy (non-hydrogen) atoms. The summed E-state index contributed by atoms with van der Waals surface area (Å²) in [6.07, 6.45) is 7.10. The molecule has 3 atom stereocenters. The van der Waals surface area contributed by atoms with Gasteiger partial charge < -0.3 is 18.6 Å². The molecule has 0 unspecified atom stereocenters. The maximum Gasteiger partial charge on any atom is 0.344 e. The number of benzene rings is 2. The van der Waals surface area contributed by atoms with Crippen LogP contribution in [0.5, 0.6) is 11.5 Å². The summed E-state index contributed by atoms with van der Waals surface area (Å²) in [4.78, 5) is 26.4. The van der Waals surface area contributed by atoms with E-state index in [0.717, 1.165) is 5.56 Å². The van der Waals surface area contributed by atoms with E-state index < -0.39 is 23.6 Å². The predicted octanol–water partition coefficient (Wildman–Crippen LogP) is 4.25. The van der Waals surface area contributed by atoms with Gasteiger partial charge >= 0.3 is 11.6 Å². The average molecular weight is 426 g/mol. The molecule has 6 nitrogen and oxygen atoms in total. The van der Waals surface area contributed by atoms with Crippen molar-refractivity contribution >= 4 is 16.9 Å². The van der Waals surface area contributed by atoms with Gasteiger partial charge in [-0.25, -0.2) is 9.59 Å². The molecule has 0 spiro atoms. The summed E-state index contributed by atoms with van der Waals surface area (Å²) in [5, 5.41) is 0.679. The normalized spacial score (nSPS) is 23.2. The van der Waals surface area contributed by atoms with E-state index in [-0.39, 0.29) is 5.92 Å². The third-order valence-electron chi connectivity index (χ3n) is 6.15. The first kappa shape index (κ1) is 18.7. The zero-order valence-corrected chi connectivity index (χ0v) is 17.1. The molecule has 0 N–H and O–H groups in total. The molecular formula is C26H18O6. The van der Waals surface area contributed by atoms with Gasteiger partial charge in [0.05, 0.1) is 35.5 Å². The highest BCUT2D eigenvalue weighted by Crippen LogP contribution is 2.49. The SMILES string of the molecule is COc1ccc([C@H]2C3=C(Oc4c2c(=O)oc2ccccc42)[C@@H]2C=CC=C[C@@H]2OC3=O)cc1. The lowest BCUT2D eigenvalue weighted by molar-refractivity contribution is -0.146. The third kappa shape index (κ3) is 2.66. The minimum absolute atomic E-state index is 0.271. The Bertz CT molecular complexity index is 1410. The maximum atomic E-state index is 13.2. The second-order valence-corrected chi connectivity index (χ2v) is 7.88. The molecule has 158 valence electrons. The van der Waals surface area contributed by atoms with Crippen molar-refractivity contribution in [2.24, 2.45) is 5.92 Å². The van der Waals surface area contributed by atoms with Crippen molar-refractivity contribution in [2.75, 3.05) is 7.11 Å². The van der Waals surface area contributed by atoms with E-state index in [0.29, 0.717) is 39.4 Å². The van der Waals surface area contributed by atoms with E-state index in [1.165, 1.54) is 0 Å². The standard InChI is InChI=1S/C26H18O6/c1-29-15-12-10-14(11-13-15)20-21-23(16-6-2-4-8-18(16)30-25(21)27)32-24-17-7-3-5-9-19(17)31-26(28)22(20)24/h2-13,16,18,20H,1H3/t16-,18+,20+/m1/s1. The molecule has 3 aromatic rings. The van der Waals surface area contributed by atoms with Crippen molar-refractivity contribution in [2.45, 2.75) is 12.0 Å². The molecule has 6 rings (SSSR count). The van der Waals surface area contributed by atoms with Crippen molar-refractivity contribution in [1.82, 2.24) is 0 Å². The first-order valence-corrected chi connectivity index (χ1v) is 10.3. The van der Waals surface area contributed by atoms with Gasteiger partial charge in [0.2, 0.25) is 0 Å². The van der Waals surface area contributed by atoms with Crippen LogP contribution in [-0.4, -0.2) is 19.2 Å². The number of carbonyl (C=O) groups excluding carboxylic acids is 1. The summed E-state index contributed by atoms with van der Waals surface area (Å²) in [6.45, 7) is 0. The number of para-hydroxylation sites is 1. The molecule has 1 aliphatic carbocycles. The van der Waals surface area contributed by atoms with Crippen LogP contribution in [-0.2, 0) is 9.53 Å².